The molecule has 0 radical (unpaired) electrons. The van der Waals surface area contributed by atoms with Crippen molar-refractivity contribution in [3.8, 4) is 17.5 Å². The minimum atomic E-state index is -0.673. The van der Waals surface area contributed by atoms with E-state index in [1.165, 1.54) is 17.9 Å². The molecule has 1 aromatic heterocycles. The van der Waals surface area contributed by atoms with Crippen molar-refractivity contribution in [3.63, 3.8) is 0 Å². The summed E-state index contributed by atoms with van der Waals surface area (Å²) in [6.07, 6.45) is 1.42. The SMILES string of the molecule is COC(=O)c1c(N)c(C#N)cn1-c1cc(C(C)C)ccc1O. The molecule has 0 aliphatic heterocycles. The number of phenolic OH excluding ortho intramolecular Hbond substituents is 1. The number of methoxy groups -OCH3 is 1. The highest BCUT2D eigenvalue weighted by Gasteiger charge is 2.23. The first-order valence-electron chi connectivity index (χ1n) is 6.73. The van der Waals surface area contributed by atoms with Gasteiger partial charge in [-0.2, -0.15) is 5.26 Å². The van der Waals surface area contributed by atoms with Gasteiger partial charge in [-0.3, -0.25) is 0 Å². The predicted octanol–water partition coefficient (Wildman–Crippen LogP) is 2.55. The van der Waals surface area contributed by atoms with Gasteiger partial charge in [-0.25, -0.2) is 4.79 Å². The molecule has 0 atom stereocenters. The number of aromatic nitrogens is 1. The Morgan fingerprint density at radius 2 is 2.14 bits per heavy atom. The Morgan fingerprint density at radius 1 is 1.45 bits per heavy atom. The van der Waals surface area contributed by atoms with Crippen LogP contribution in [-0.4, -0.2) is 22.8 Å². The predicted molar refractivity (Wildman–Crippen MR) is 82.0 cm³/mol. The van der Waals surface area contributed by atoms with Crippen LogP contribution >= 0.6 is 0 Å². The van der Waals surface area contributed by atoms with Crippen LogP contribution < -0.4 is 5.73 Å². The summed E-state index contributed by atoms with van der Waals surface area (Å²) in [6, 6.07) is 7.04. The molecule has 0 fully saturated rings. The standard InChI is InChI=1S/C16H17N3O3/c1-9(2)10-4-5-13(20)12(6-10)19-8-11(7-17)14(18)15(19)16(21)22-3/h4-6,8-9,20H,18H2,1-3H3. The molecule has 0 unspecified atom stereocenters. The first kappa shape index (κ1) is 15.4. The summed E-state index contributed by atoms with van der Waals surface area (Å²) in [6.45, 7) is 4.03. The summed E-state index contributed by atoms with van der Waals surface area (Å²) in [5, 5.41) is 19.2. The number of nitrogens with two attached hydrogens (primary N) is 1. The number of phenols is 1. The van der Waals surface area contributed by atoms with Gasteiger partial charge in [-0.15, -0.1) is 0 Å². The Labute approximate surface area is 128 Å². The van der Waals surface area contributed by atoms with Gasteiger partial charge < -0.3 is 20.1 Å². The number of nitriles is 1. The Balaban J connectivity index is 2.75. The van der Waals surface area contributed by atoms with Crippen molar-refractivity contribution in [2.75, 3.05) is 12.8 Å². The third-order valence-electron chi connectivity index (χ3n) is 3.47. The summed E-state index contributed by atoms with van der Waals surface area (Å²) in [4.78, 5) is 12.0. The largest absolute Gasteiger partial charge is 0.506 e. The molecule has 0 aliphatic rings. The molecule has 0 bridgehead atoms. The molecule has 114 valence electrons. The molecule has 3 N–H and O–H groups in total. The first-order valence-corrected chi connectivity index (χ1v) is 6.73. The van der Waals surface area contributed by atoms with E-state index in [9.17, 15) is 9.90 Å². The lowest BCUT2D eigenvalue weighted by molar-refractivity contribution is 0.0593. The summed E-state index contributed by atoms with van der Waals surface area (Å²) in [7, 11) is 1.23. The maximum Gasteiger partial charge on any atom is 0.357 e. The van der Waals surface area contributed by atoms with Gasteiger partial charge in [-0.05, 0) is 23.6 Å². The molecule has 0 saturated heterocycles. The Bertz CT molecular complexity index is 770. The van der Waals surface area contributed by atoms with E-state index in [0.717, 1.165) is 5.56 Å². The van der Waals surface area contributed by atoms with Gasteiger partial charge in [-0.1, -0.05) is 19.9 Å². The zero-order valence-corrected chi connectivity index (χ0v) is 12.6. The molecule has 6 nitrogen and oxygen atoms in total. The van der Waals surface area contributed by atoms with Crippen LogP contribution in [0.25, 0.3) is 5.69 Å². The average molecular weight is 299 g/mol. The second-order valence-electron chi connectivity index (χ2n) is 5.18. The van der Waals surface area contributed by atoms with Gasteiger partial charge in [0, 0.05) is 6.20 Å². The van der Waals surface area contributed by atoms with Crippen molar-refractivity contribution in [2.45, 2.75) is 19.8 Å². The monoisotopic (exact) mass is 299 g/mol. The van der Waals surface area contributed by atoms with E-state index in [0.29, 0.717) is 5.69 Å². The number of anilines is 1. The first-order chi connectivity index (χ1) is 10.4. The quantitative estimate of drug-likeness (QED) is 0.848. The van der Waals surface area contributed by atoms with Crippen LogP contribution in [0.3, 0.4) is 0 Å². The highest BCUT2D eigenvalue weighted by molar-refractivity contribution is 5.96. The van der Waals surface area contributed by atoms with E-state index in [2.05, 4.69) is 0 Å². The lowest BCUT2D eigenvalue weighted by atomic mass is 10.0. The van der Waals surface area contributed by atoms with E-state index in [-0.39, 0.29) is 28.6 Å². The topological polar surface area (TPSA) is 101 Å². The number of aromatic hydroxyl groups is 1. The van der Waals surface area contributed by atoms with E-state index >= 15 is 0 Å². The van der Waals surface area contributed by atoms with Crippen molar-refractivity contribution in [1.82, 2.24) is 4.57 Å². The number of nitrogen functional groups attached to an aromatic ring is 1. The number of benzene rings is 1. The van der Waals surface area contributed by atoms with Crippen molar-refractivity contribution in [3.05, 3.63) is 41.2 Å². The molecule has 6 heteroatoms. The van der Waals surface area contributed by atoms with E-state index in [1.54, 1.807) is 18.2 Å². The zero-order valence-electron chi connectivity index (χ0n) is 12.6. The second kappa shape index (κ2) is 5.82. The van der Waals surface area contributed by atoms with Crippen molar-refractivity contribution < 1.29 is 14.6 Å². The number of nitrogens with zero attached hydrogens (tertiary/aromatic N) is 2. The molecule has 2 aromatic rings. The van der Waals surface area contributed by atoms with Crippen LogP contribution in [-0.2, 0) is 4.74 Å². The van der Waals surface area contributed by atoms with Gasteiger partial charge in [0.15, 0.2) is 5.69 Å². The molecular formula is C16H17N3O3. The molecular weight excluding hydrogens is 282 g/mol. The van der Waals surface area contributed by atoms with Crippen LogP contribution in [0.2, 0.25) is 0 Å². The number of hydrogen-bond acceptors (Lipinski definition) is 5. The second-order valence-corrected chi connectivity index (χ2v) is 5.18. The fourth-order valence-corrected chi connectivity index (χ4v) is 2.20. The zero-order chi connectivity index (χ0) is 16.4. The third kappa shape index (κ3) is 2.49. The minimum Gasteiger partial charge on any atom is -0.506 e. The molecule has 2 rings (SSSR count). The molecule has 1 heterocycles. The minimum absolute atomic E-state index is 0.0194. The smallest absolute Gasteiger partial charge is 0.357 e. The highest BCUT2D eigenvalue weighted by atomic mass is 16.5. The summed E-state index contributed by atoms with van der Waals surface area (Å²) in [5.41, 5.74) is 7.41. The van der Waals surface area contributed by atoms with Gasteiger partial charge in [0.1, 0.15) is 11.8 Å². The molecule has 0 amide bonds. The number of carbonyl (C=O) groups is 1. The summed E-state index contributed by atoms with van der Waals surface area (Å²) < 4.78 is 6.11. The van der Waals surface area contributed by atoms with E-state index < -0.39 is 5.97 Å². The van der Waals surface area contributed by atoms with Crippen LogP contribution in [0.5, 0.6) is 5.75 Å². The van der Waals surface area contributed by atoms with Gasteiger partial charge in [0.05, 0.1) is 24.0 Å². The Kier molecular flexibility index (Phi) is 4.08. The van der Waals surface area contributed by atoms with Gasteiger partial charge in [0.2, 0.25) is 0 Å². The van der Waals surface area contributed by atoms with E-state index in [4.69, 9.17) is 15.7 Å². The number of hydrogen-bond donors (Lipinski definition) is 2. The maximum atomic E-state index is 12.0. The Hall–Kier alpha value is -2.94. The normalized spacial score (nSPS) is 10.5. The Morgan fingerprint density at radius 3 is 2.68 bits per heavy atom. The van der Waals surface area contributed by atoms with Gasteiger partial charge in [0.25, 0.3) is 0 Å². The molecule has 0 aliphatic carbocycles. The third-order valence-corrected chi connectivity index (χ3v) is 3.47. The lowest BCUT2D eigenvalue weighted by Crippen LogP contribution is -2.11. The van der Waals surface area contributed by atoms with Crippen molar-refractivity contribution in [2.24, 2.45) is 0 Å². The van der Waals surface area contributed by atoms with Crippen LogP contribution in [0.15, 0.2) is 24.4 Å². The van der Waals surface area contributed by atoms with Crippen LogP contribution in [0.4, 0.5) is 5.69 Å². The van der Waals surface area contributed by atoms with E-state index in [1.807, 2.05) is 19.9 Å². The number of ether oxygens (including phenoxy) is 1. The maximum absolute atomic E-state index is 12.0. The van der Waals surface area contributed by atoms with Crippen LogP contribution in [0.1, 0.15) is 41.4 Å². The molecule has 0 spiro atoms. The highest BCUT2D eigenvalue weighted by Crippen LogP contribution is 2.31. The fourth-order valence-electron chi connectivity index (χ4n) is 2.20. The lowest BCUT2D eigenvalue weighted by Gasteiger charge is -2.13. The average Bonchev–Trinajstić information content (AvgIpc) is 2.83. The van der Waals surface area contributed by atoms with Crippen LogP contribution in [0, 0.1) is 11.3 Å². The summed E-state index contributed by atoms with van der Waals surface area (Å²) in [5.74, 6) is -0.452. The van der Waals surface area contributed by atoms with Crippen molar-refractivity contribution in [1.29, 1.82) is 5.26 Å². The number of esters is 1. The molecule has 1 aromatic carbocycles. The number of carbonyl (C=O) groups excluding carboxylic acids is 1. The van der Waals surface area contributed by atoms with Gasteiger partial charge >= 0.3 is 5.97 Å². The number of rotatable bonds is 3. The molecule has 0 saturated carbocycles. The van der Waals surface area contributed by atoms with Crippen molar-refractivity contribution >= 4 is 11.7 Å². The fraction of sp³-hybridized carbons (Fsp3) is 0.250. The molecule has 22 heavy (non-hydrogen) atoms. The summed E-state index contributed by atoms with van der Waals surface area (Å²) >= 11 is 0.